The second-order valence-corrected chi connectivity index (χ2v) is 13.6. The van der Waals surface area contributed by atoms with Gasteiger partial charge in [0.2, 0.25) is 5.91 Å². The standard InChI is InChI=1S/C24H36NO5PS/c1-7-30-31(6,29)15-14-25(22(26)18-10-8-17(2)9-11-18)20-16-19(12-13-24(3,4)5)32-21(20)23(27)28/h16-18,29H,7-11,14-15H2,1-6H3/p+1. The van der Waals surface area contributed by atoms with Gasteiger partial charge in [0.1, 0.15) is 17.7 Å². The van der Waals surface area contributed by atoms with Crippen molar-refractivity contribution < 1.29 is 24.1 Å². The molecule has 1 aliphatic carbocycles. The third-order valence-electron chi connectivity index (χ3n) is 5.54. The maximum Gasteiger partial charge on any atom is 0.348 e. The fraction of sp³-hybridized carbons (Fsp3) is 0.667. The van der Waals surface area contributed by atoms with Crippen LogP contribution < -0.4 is 4.90 Å². The average Bonchev–Trinajstić information content (AvgIpc) is 3.11. The minimum Gasteiger partial charge on any atom is -0.477 e. The van der Waals surface area contributed by atoms with Crippen LogP contribution in [0.15, 0.2) is 6.07 Å². The largest absolute Gasteiger partial charge is 0.477 e. The number of hydrogen-bond donors (Lipinski definition) is 2. The molecule has 8 heteroatoms. The normalized spacial score (nSPS) is 20.7. The molecule has 1 aliphatic rings. The van der Waals surface area contributed by atoms with E-state index in [1.807, 2.05) is 27.7 Å². The van der Waals surface area contributed by atoms with Crippen molar-refractivity contribution in [3.05, 3.63) is 15.8 Å². The topological polar surface area (TPSA) is 87.1 Å². The number of carbonyl (C=O) groups excluding carboxylic acids is 1. The Morgan fingerprint density at radius 3 is 2.44 bits per heavy atom. The zero-order valence-corrected chi connectivity index (χ0v) is 21.8. The highest BCUT2D eigenvalue weighted by Gasteiger charge is 2.36. The highest BCUT2D eigenvalue weighted by atomic mass is 32.1. The van der Waals surface area contributed by atoms with Gasteiger partial charge in [-0.1, -0.05) is 18.8 Å². The molecule has 0 aromatic carbocycles. The maximum absolute atomic E-state index is 13.6. The predicted octanol–water partition coefficient (Wildman–Crippen LogP) is 5.51. The van der Waals surface area contributed by atoms with Gasteiger partial charge in [0.05, 0.1) is 23.7 Å². The number of aromatic carboxylic acids is 1. The summed E-state index contributed by atoms with van der Waals surface area (Å²) in [5, 5.41) is 9.85. The molecule has 0 aliphatic heterocycles. The molecule has 2 rings (SSSR count). The van der Waals surface area contributed by atoms with Gasteiger partial charge in [-0.05, 0) is 65.4 Å². The summed E-state index contributed by atoms with van der Waals surface area (Å²) in [6.07, 6.45) is 3.87. The molecule has 0 radical (unpaired) electrons. The minimum atomic E-state index is -2.64. The first-order valence-electron chi connectivity index (χ1n) is 11.3. The summed E-state index contributed by atoms with van der Waals surface area (Å²) >= 11 is 1.09. The van der Waals surface area contributed by atoms with E-state index in [4.69, 9.17) is 4.52 Å². The lowest BCUT2D eigenvalue weighted by molar-refractivity contribution is -0.123. The number of hydrogen-bond acceptors (Lipinski definition) is 5. The van der Waals surface area contributed by atoms with E-state index >= 15 is 0 Å². The molecule has 1 saturated carbocycles. The molecule has 0 bridgehead atoms. The van der Waals surface area contributed by atoms with Crippen LogP contribution in [0.1, 0.15) is 74.9 Å². The molecule has 32 heavy (non-hydrogen) atoms. The number of carboxylic acids is 1. The van der Waals surface area contributed by atoms with Gasteiger partial charge in [0.15, 0.2) is 0 Å². The lowest BCUT2D eigenvalue weighted by atomic mass is 9.82. The predicted molar refractivity (Wildman–Crippen MR) is 133 cm³/mol. The Balaban J connectivity index is 2.42. The number of amides is 1. The van der Waals surface area contributed by atoms with E-state index < -0.39 is 13.7 Å². The molecule has 1 unspecified atom stereocenters. The quantitative estimate of drug-likeness (QED) is 0.377. The molecule has 1 atom stereocenters. The second kappa shape index (κ2) is 11.1. The summed E-state index contributed by atoms with van der Waals surface area (Å²) in [7, 11) is -2.64. The molecular weight excluding hydrogens is 445 g/mol. The Morgan fingerprint density at radius 1 is 1.28 bits per heavy atom. The van der Waals surface area contributed by atoms with Crippen LogP contribution in [0.2, 0.25) is 0 Å². The van der Waals surface area contributed by atoms with Crippen LogP contribution >= 0.6 is 19.1 Å². The average molecular weight is 483 g/mol. The van der Waals surface area contributed by atoms with Gasteiger partial charge in [-0.15, -0.1) is 11.3 Å². The Kier molecular flexibility index (Phi) is 9.31. The third-order valence-corrected chi connectivity index (χ3v) is 8.41. The van der Waals surface area contributed by atoms with Crippen molar-refractivity contribution in [2.24, 2.45) is 17.3 Å². The Morgan fingerprint density at radius 2 is 1.91 bits per heavy atom. The van der Waals surface area contributed by atoms with Crippen LogP contribution in [-0.2, 0) is 9.32 Å². The summed E-state index contributed by atoms with van der Waals surface area (Å²) in [4.78, 5) is 38.5. The summed E-state index contributed by atoms with van der Waals surface area (Å²) in [6, 6.07) is 1.71. The number of anilines is 1. The first-order chi connectivity index (χ1) is 14.8. The van der Waals surface area contributed by atoms with Crippen LogP contribution in [0, 0.1) is 29.1 Å². The molecule has 1 heterocycles. The fourth-order valence-corrected chi connectivity index (χ4v) is 5.86. The van der Waals surface area contributed by atoms with Gasteiger partial charge < -0.3 is 10.0 Å². The summed E-state index contributed by atoms with van der Waals surface area (Å²) in [6.45, 7) is 12.3. The SMILES string of the molecule is CCO[P+](C)(O)CCN(C(=O)C1CCC(C)CC1)c1cc(C#CC(C)(C)C)sc1C(=O)O. The smallest absolute Gasteiger partial charge is 0.348 e. The highest BCUT2D eigenvalue weighted by molar-refractivity contribution is 7.64. The molecule has 1 aromatic rings. The van der Waals surface area contributed by atoms with E-state index in [9.17, 15) is 19.6 Å². The number of nitrogens with zero attached hydrogens (tertiary/aromatic N) is 1. The van der Waals surface area contributed by atoms with E-state index in [1.54, 1.807) is 17.6 Å². The summed E-state index contributed by atoms with van der Waals surface area (Å²) in [5.74, 6) is 5.54. The molecular formula is C24H37NO5PS+. The van der Waals surface area contributed by atoms with E-state index in [0.29, 0.717) is 23.1 Å². The van der Waals surface area contributed by atoms with Gasteiger partial charge >= 0.3 is 5.97 Å². The van der Waals surface area contributed by atoms with E-state index in [-0.39, 0.29) is 34.8 Å². The van der Waals surface area contributed by atoms with Crippen molar-refractivity contribution in [2.75, 3.05) is 30.9 Å². The van der Waals surface area contributed by atoms with Crippen molar-refractivity contribution in [1.82, 2.24) is 0 Å². The molecule has 178 valence electrons. The van der Waals surface area contributed by atoms with E-state index in [1.165, 1.54) is 0 Å². The lowest BCUT2D eigenvalue weighted by Crippen LogP contribution is -2.40. The molecule has 6 nitrogen and oxygen atoms in total. The molecule has 0 saturated heterocycles. The molecule has 1 fully saturated rings. The van der Waals surface area contributed by atoms with Crippen molar-refractivity contribution in [2.45, 2.75) is 60.3 Å². The zero-order chi connectivity index (χ0) is 24.1. The van der Waals surface area contributed by atoms with Crippen LogP contribution in [-0.4, -0.2) is 47.9 Å². The summed E-state index contributed by atoms with van der Waals surface area (Å²) < 4.78 is 5.51. The van der Waals surface area contributed by atoms with Crippen molar-refractivity contribution >= 4 is 36.6 Å². The van der Waals surface area contributed by atoms with Crippen LogP contribution in [0.4, 0.5) is 5.69 Å². The van der Waals surface area contributed by atoms with E-state index in [2.05, 4.69) is 18.8 Å². The van der Waals surface area contributed by atoms with Crippen molar-refractivity contribution in [3.63, 3.8) is 0 Å². The first-order valence-corrected chi connectivity index (χ1v) is 14.4. The highest BCUT2D eigenvalue weighted by Crippen LogP contribution is 2.51. The van der Waals surface area contributed by atoms with Crippen LogP contribution in [0.3, 0.4) is 0 Å². The maximum atomic E-state index is 13.6. The van der Waals surface area contributed by atoms with Crippen molar-refractivity contribution in [1.29, 1.82) is 0 Å². The molecule has 2 N–H and O–H groups in total. The molecule has 1 amide bonds. The lowest BCUT2D eigenvalue weighted by Gasteiger charge is -2.31. The number of rotatable bonds is 8. The zero-order valence-electron chi connectivity index (χ0n) is 20.1. The molecule has 1 aromatic heterocycles. The van der Waals surface area contributed by atoms with Gasteiger partial charge in [-0.25, -0.2) is 14.2 Å². The van der Waals surface area contributed by atoms with E-state index in [0.717, 1.165) is 37.0 Å². The first kappa shape index (κ1) is 26.8. The van der Waals surface area contributed by atoms with Crippen LogP contribution in [0.25, 0.3) is 0 Å². The van der Waals surface area contributed by atoms with Gasteiger partial charge in [0, 0.05) is 11.3 Å². The van der Waals surface area contributed by atoms with Gasteiger partial charge in [-0.3, -0.25) is 4.79 Å². The third kappa shape index (κ3) is 7.85. The minimum absolute atomic E-state index is 0.0657. The number of carboxylic acid groups (broad SMARTS) is 1. The molecule has 0 spiro atoms. The number of thiophene rings is 1. The Labute approximate surface area is 196 Å². The Bertz CT molecular complexity index is 869. The Hall–Kier alpha value is -1.45. The van der Waals surface area contributed by atoms with Gasteiger partial charge in [-0.2, -0.15) is 0 Å². The number of carbonyl (C=O) groups is 2. The van der Waals surface area contributed by atoms with Crippen LogP contribution in [0.5, 0.6) is 0 Å². The van der Waals surface area contributed by atoms with Crippen molar-refractivity contribution in [3.8, 4) is 11.8 Å². The second-order valence-electron chi connectivity index (χ2n) is 9.77. The summed E-state index contributed by atoms with van der Waals surface area (Å²) in [5.41, 5.74) is 0.156. The van der Waals surface area contributed by atoms with Gasteiger partial charge in [0.25, 0.3) is 7.72 Å². The fourth-order valence-electron chi connectivity index (χ4n) is 3.75. The monoisotopic (exact) mass is 482 g/mol.